The topological polar surface area (TPSA) is 66.6 Å². The first-order valence-corrected chi connectivity index (χ1v) is 6.48. The fraction of sp³-hybridized carbons (Fsp3) is 0.833. The summed E-state index contributed by atoms with van der Waals surface area (Å²) in [7, 11) is 0. The first kappa shape index (κ1) is 11.0. The minimum absolute atomic E-state index is 0.0998. The van der Waals surface area contributed by atoms with Gasteiger partial charge >= 0.3 is 0 Å². The Morgan fingerprint density at radius 3 is 2.76 bits per heavy atom. The average molecular weight is 237 g/mol. The molecule has 3 fully saturated rings. The number of nitrogens with zero attached hydrogens (tertiary/aromatic N) is 2. The van der Waals surface area contributed by atoms with E-state index in [9.17, 15) is 9.59 Å². The molecule has 0 aromatic carbocycles. The van der Waals surface area contributed by atoms with E-state index in [2.05, 4.69) is 0 Å². The van der Waals surface area contributed by atoms with Crippen molar-refractivity contribution in [1.82, 2.24) is 9.80 Å². The second kappa shape index (κ2) is 3.70. The SMILES string of the molecule is NC1(C(=O)N2CCN3C(=O)CCC3C2)CCC1. The molecule has 0 aromatic rings. The molecule has 2 amide bonds. The fourth-order valence-electron chi connectivity index (χ4n) is 3.14. The molecular formula is C12H19N3O2. The quantitative estimate of drug-likeness (QED) is 0.681. The molecule has 2 saturated heterocycles. The molecule has 5 heteroatoms. The molecule has 3 rings (SSSR count). The Hall–Kier alpha value is -1.10. The first-order chi connectivity index (χ1) is 8.10. The Kier molecular flexibility index (Phi) is 2.40. The molecular weight excluding hydrogens is 218 g/mol. The number of carbonyl (C=O) groups excluding carboxylic acids is 2. The molecule has 0 spiro atoms. The van der Waals surface area contributed by atoms with Crippen molar-refractivity contribution >= 4 is 11.8 Å². The highest BCUT2D eigenvalue weighted by molar-refractivity contribution is 5.87. The van der Waals surface area contributed by atoms with Crippen molar-refractivity contribution in [3.63, 3.8) is 0 Å². The largest absolute Gasteiger partial charge is 0.337 e. The lowest BCUT2D eigenvalue weighted by Crippen LogP contribution is -2.63. The molecule has 5 nitrogen and oxygen atoms in total. The van der Waals surface area contributed by atoms with Crippen molar-refractivity contribution in [2.75, 3.05) is 19.6 Å². The van der Waals surface area contributed by atoms with E-state index in [0.717, 1.165) is 25.7 Å². The molecule has 0 radical (unpaired) electrons. The Labute approximate surface area is 101 Å². The van der Waals surface area contributed by atoms with E-state index in [1.165, 1.54) is 0 Å². The minimum Gasteiger partial charge on any atom is -0.337 e. The molecule has 0 bridgehead atoms. The van der Waals surface area contributed by atoms with Gasteiger partial charge in [-0.15, -0.1) is 0 Å². The lowest BCUT2D eigenvalue weighted by Gasteiger charge is -2.44. The number of hydrogen-bond acceptors (Lipinski definition) is 3. The van der Waals surface area contributed by atoms with Crippen LogP contribution in [0.15, 0.2) is 0 Å². The van der Waals surface area contributed by atoms with E-state index in [4.69, 9.17) is 5.73 Å². The summed E-state index contributed by atoms with van der Waals surface area (Å²) in [6.07, 6.45) is 4.22. The molecule has 17 heavy (non-hydrogen) atoms. The van der Waals surface area contributed by atoms with Gasteiger partial charge in [-0.3, -0.25) is 9.59 Å². The zero-order chi connectivity index (χ0) is 12.0. The predicted molar refractivity (Wildman–Crippen MR) is 62.1 cm³/mol. The third-order valence-corrected chi connectivity index (χ3v) is 4.45. The fourth-order valence-corrected chi connectivity index (χ4v) is 3.14. The van der Waals surface area contributed by atoms with Gasteiger partial charge in [0.05, 0.1) is 5.54 Å². The maximum atomic E-state index is 12.3. The number of nitrogens with two attached hydrogens (primary N) is 1. The lowest BCUT2D eigenvalue weighted by atomic mass is 9.76. The van der Waals surface area contributed by atoms with Crippen LogP contribution in [0.3, 0.4) is 0 Å². The highest BCUT2D eigenvalue weighted by atomic mass is 16.2. The number of carbonyl (C=O) groups is 2. The van der Waals surface area contributed by atoms with Gasteiger partial charge in [0.2, 0.25) is 11.8 Å². The summed E-state index contributed by atoms with van der Waals surface area (Å²) in [5, 5.41) is 0. The Morgan fingerprint density at radius 1 is 1.35 bits per heavy atom. The summed E-state index contributed by atoms with van der Waals surface area (Å²) in [5.41, 5.74) is 5.48. The van der Waals surface area contributed by atoms with E-state index >= 15 is 0 Å². The Morgan fingerprint density at radius 2 is 2.12 bits per heavy atom. The van der Waals surface area contributed by atoms with E-state index in [0.29, 0.717) is 26.1 Å². The van der Waals surface area contributed by atoms with E-state index in [-0.39, 0.29) is 17.9 Å². The monoisotopic (exact) mass is 237 g/mol. The molecule has 1 atom stereocenters. The van der Waals surface area contributed by atoms with Gasteiger partial charge in [0, 0.05) is 32.1 Å². The summed E-state index contributed by atoms with van der Waals surface area (Å²) in [4.78, 5) is 27.6. The maximum absolute atomic E-state index is 12.3. The van der Waals surface area contributed by atoms with Gasteiger partial charge in [-0.25, -0.2) is 0 Å². The van der Waals surface area contributed by atoms with Gasteiger partial charge in [-0.2, -0.15) is 0 Å². The normalized spacial score (nSPS) is 31.1. The highest BCUT2D eigenvalue weighted by Crippen LogP contribution is 2.32. The van der Waals surface area contributed by atoms with Gasteiger partial charge in [0.25, 0.3) is 0 Å². The van der Waals surface area contributed by atoms with Crippen molar-refractivity contribution in [1.29, 1.82) is 0 Å². The third-order valence-electron chi connectivity index (χ3n) is 4.45. The van der Waals surface area contributed by atoms with Crippen molar-refractivity contribution in [2.24, 2.45) is 5.73 Å². The van der Waals surface area contributed by atoms with Crippen LogP contribution in [-0.2, 0) is 9.59 Å². The molecule has 3 aliphatic rings. The van der Waals surface area contributed by atoms with Gasteiger partial charge in [-0.05, 0) is 25.7 Å². The Balaban J connectivity index is 1.67. The minimum atomic E-state index is -0.592. The zero-order valence-corrected chi connectivity index (χ0v) is 10.0. The van der Waals surface area contributed by atoms with Crippen LogP contribution in [0.25, 0.3) is 0 Å². The molecule has 94 valence electrons. The third kappa shape index (κ3) is 1.64. The smallest absolute Gasteiger partial charge is 0.242 e. The van der Waals surface area contributed by atoms with Crippen molar-refractivity contribution in [2.45, 2.75) is 43.7 Å². The summed E-state index contributed by atoms with van der Waals surface area (Å²) < 4.78 is 0. The van der Waals surface area contributed by atoms with E-state index < -0.39 is 5.54 Å². The van der Waals surface area contributed by atoms with Gasteiger partial charge in [0.1, 0.15) is 0 Å². The molecule has 2 heterocycles. The summed E-state index contributed by atoms with van der Waals surface area (Å²) in [6, 6.07) is 0.240. The summed E-state index contributed by atoms with van der Waals surface area (Å²) in [5.74, 6) is 0.343. The van der Waals surface area contributed by atoms with Crippen LogP contribution in [0, 0.1) is 0 Å². The van der Waals surface area contributed by atoms with Crippen LogP contribution < -0.4 is 5.73 Å². The van der Waals surface area contributed by atoms with Crippen LogP contribution in [0.1, 0.15) is 32.1 Å². The second-order valence-electron chi connectivity index (χ2n) is 5.54. The van der Waals surface area contributed by atoms with Crippen molar-refractivity contribution < 1.29 is 9.59 Å². The molecule has 2 aliphatic heterocycles. The standard InChI is InChI=1S/C12H19N3O2/c13-12(4-1-5-12)11(17)14-6-7-15-9(8-14)2-3-10(15)16/h9H,1-8,13H2. The number of rotatable bonds is 1. The zero-order valence-electron chi connectivity index (χ0n) is 10.0. The van der Waals surface area contributed by atoms with Crippen LogP contribution in [-0.4, -0.2) is 52.8 Å². The summed E-state index contributed by atoms with van der Waals surface area (Å²) in [6.45, 7) is 2.02. The summed E-state index contributed by atoms with van der Waals surface area (Å²) >= 11 is 0. The van der Waals surface area contributed by atoms with Crippen molar-refractivity contribution in [3.05, 3.63) is 0 Å². The molecule has 1 unspecified atom stereocenters. The van der Waals surface area contributed by atoms with Crippen LogP contribution in [0.5, 0.6) is 0 Å². The van der Waals surface area contributed by atoms with Crippen LogP contribution in [0.4, 0.5) is 0 Å². The number of fused-ring (bicyclic) bond motifs is 1. The van der Waals surface area contributed by atoms with E-state index in [1.807, 2.05) is 9.80 Å². The molecule has 0 aromatic heterocycles. The molecule has 1 saturated carbocycles. The lowest BCUT2D eigenvalue weighted by molar-refractivity contribution is -0.145. The molecule has 2 N–H and O–H groups in total. The number of hydrogen-bond donors (Lipinski definition) is 1. The highest BCUT2D eigenvalue weighted by Gasteiger charge is 2.45. The van der Waals surface area contributed by atoms with Crippen molar-refractivity contribution in [3.8, 4) is 0 Å². The van der Waals surface area contributed by atoms with Crippen LogP contribution >= 0.6 is 0 Å². The number of amides is 2. The first-order valence-electron chi connectivity index (χ1n) is 6.48. The van der Waals surface area contributed by atoms with E-state index in [1.54, 1.807) is 0 Å². The van der Waals surface area contributed by atoms with Gasteiger partial charge in [-0.1, -0.05) is 0 Å². The average Bonchev–Trinajstić information content (AvgIpc) is 2.66. The second-order valence-corrected chi connectivity index (χ2v) is 5.54. The molecule has 1 aliphatic carbocycles. The maximum Gasteiger partial charge on any atom is 0.242 e. The van der Waals surface area contributed by atoms with Gasteiger partial charge in [0.15, 0.2) is 0 Å². The van der Waals surface area contributed by atoms with Crippen LogP contribution in [0.2, 0.25) is 0 Å². The van der Waals surface area contributed by atoms with Gasteiger partial charge < -0.3 is 15.5 Å². The Bertz CT molecular complexity index is 365. The predicted octanol–water partition coefficient (Wildman–Crippen LogP) is -0.299. The number of piperazine rings is 1.